The van der Waals surface area contributed by atoms with Crippen LogP contribution in [0.25, 0.3) is 0 Å². The second-order valence-electron chi connectivity index (χ2n) is 7.66. The van der Waals surface area contributed by atoms with Gasteiger partial charge in [-0.25, -0.2) is 13.2 Å². The molecule has 3 rings (SSSR count). The maximum absolute atomic E-state index is 13.2. The maximum atomic E-state index is 13.2. The Morgan fingerprint density at radius 3 is 2.16 bits per heavy atom. The minimum Gasteiger partial charge on any atom is -0.496 e. The van der Waals surface area contributed by atoms with Gasteiger partial charge in [-0.2, -0.15) is 4.31 Å². The first-order valence-electron chi connectivity index (χ1n) is 10.8. The Kier molecular flexibility index (Phi) is 7.77. The summed E-state index contributed by atoms with van der Waals surface area (Å²) in [5.74, 6) is 0.156. The minimum atomic E-state index is -3.81. The molecule has 2 fully saturated rings. The highest BCUT2D eigenvalue weighted by atomic mass is 32.2. The van der Waals surface area contributed by atoms with E-state index in [-0.39, 0.29) is 49.2 Å². The van der Waals surface area contributed by atoms with Gasteiger partial charge in [0.15, 0.2) is 0 Å². The number of carbonyl (C=O) groups excluding carboxylic acids is 2. The first-order valence-corrected chi connectivity index (χ1v) is 12.2. The predicted molar refractivity (Wildman–Crippen MR) is 115 cm³/mol. The van der Waals surface area contributed by atoms with E-state index in [1.54, 1.807) is 11.8 Å². The summed E-state index contributed by atoms with van der Waals surface area (Å²) in [4.78, 5) is 28.3. The first-order chi connectivity index (χ1) is 14.9. The smallest absolute Gasteiger partial charge is 0.409 e. The van der Waals surface area contributed by atoms with Crippen LogP contribution in [0.5, 0.6) is 5.75 Å². The molecular formula is C21H31N3O6S. The number of amides is 2. The minimum absolute atomic E-state index is 0.0519. The summed E-state index contributed by atoms with van der Waals surface area (Å²) >= 11 is 0. The third-order valence-electron chi connectivity index (χ3n) is 5.70. The number of methoxy groups -OCH3 is 1. The SMILES string of the molecule is CCOC(=O)N1CCN(S(=O)(=O)c2ccc(OC)c(C(=O)N3CCCCCC3)c2)CC1. The number of nitrogens with zero attached hydrogens (tertiary/aromatic N) is 3. The molecule has 31 heavy (non-hydrogen) atoms. The van der Waals surface area contributed by atoms with Gasteiger partial charge in [0.25, 0.3) is 5.91 Å². The lowest BCUT2D eigenvalue weighted by atomic mass is 10.1. The van der Waals surface area contributed by atoms with E-state index >= 15 is 0 Å². The lowest BCUT2D eigenvalue weighted by Gasteiger charge is -2.33. The van der Waals surface area contributed by atoms with E-state index in [2.05, 4.69) is 0 Å². The summed E-state index contributed by atoms with van der Waals surface area (Å²) in [6, 6.07) is 4.41. The van der Waals surface area contributed by atoms with Crippen LogP contribution in [0, 0.1) is 0 Å². The fourth-order valence-corrected chi connectivity index (χ4v) is 5.38. The average molecular weight is 454 g/mol. The summed E-state index contributed by atoms with van der Waals surface area (Å²) in [7, 11) is -2.34. The van der Waals surface area contributed by atoms with Crippen LogP contribution < -0.4 is 4.74 Å². The molecule has 0 aliphatic carbocycles. The monoisotopic (exact) mass is 453 g/mol. The number of ether oxygens (including phenoxy) is 2. The Morgan fingerprint density at radius 2 is 1.58 bits per heavy atom. The molecule has 2 aliphatic heterocycles. The molecule has 0 saturated carbocycles. The number of hydrogen-bond donors (Lipinski definition) is 0. The standard InChI is InChI=1S/C21H31N3O6S/c1-3-30-21(26)23-12-14-24(15-13-23)31(27,28)17-8-9-19(29-2)18(16-17)20(25)22-10-6-4-5-7-11-22/h8-9,16H,3-7,10-15H2,1-2H3. The highest BCUT2D eigenvalue weighted by Gasteiger charge is 2.32. The Hall–Kier alpha value is -2.33. The number of carbonyl (C=O) groups is 2. The van der Waals surface area contributed by atoms with Crippen LogP contribution >= 0.6 is 0 Å². The second-order valence-corrected chi connectivity index (χ2v) is 9.60. The molecule has 2 heterocycles. The van der Waals surface area contributed by atoms with Gasteiger partial charge in [-0.05, 0) is 38.0 Å². The first kappa shape index (κ1) is 23.3. The number of sulfonamides is 1. The molecule has 0 spiro atoms. The van der Waals surface area contributed by atoms with Gasteiger partial charge >= 0.3 is 6.09 Å². The van der Waals surface area contributed by atoms with Crippen LogP contribution in [0.4, 0.5) is 4.79 Å². The molecular weight excluding hydrogens is 422 g/mol. The van der Waals surface area contributed by atoms with E-state index in [4.69, 9.17) is 9.47 Å². The van der Waals surface area contributed by atoms with Crippen molar-refractivity contribution in [3.8, 4) is 5.75 Å². The van der Waals surface area contributed by atoms with E-state index in [1.807, 2.05) is 0 Å². The van der Waals surface area contributed by atoms with Crippen molar-refractivity contribution in [3.63, 3.8) is 0 Å². The number of likely N-dealkylation sites (tertiary alicyclic amines) is 1. The lowest BCUT2D eigenvalue weighted by molar-refractivity contribution is 0.0757. The molecule has 0 radical (unpaired) electrons. The molecule has 2 aliphatic rings. The molecule has 0 N–H and O–H groups in total. The van der Waals surface area contributed by atoms with Crippen molar-refractivity contribution in [1.82, 2.24) is 14.1 Å². The van der Waals surface area contributed by atoms with Crippen LogP contribution in [0.15, 0.2) is 23.1 Å². The topological polar surface area (TPSA) is 96.5 Å². The molecule has 2 amide bonds. The molecule has 10 heteroatoms. The number of hydrogen-bond acceptors (Lipinski definition) is 6. The largest absolute Gasteiger partial charge is 0.496 e. The van der Waals surface area contributed by atoms with E-state index in [0.717, 1.165) is 25.7 Å². The van der Waals surface area contributed by atoms with Crippen LogP contribution in [-0.2, 0) is 14.8 Å². The zero-order chi connectivity index (χ0) is 22.4. The van der Waals surface area contributed by atoms with Gasteiger partial charge in [-0.1, -0.05) is 12.8 Å². The van der Waals surface area contributed by atoms with E-state index < -0.39 is 16.1 Å². The van der Waals surface area contributed by atoms with E-state index in [1.165, 1.54) is 34.5 Å². The van der Waals surface area contributed by atoms with Gasteiger partial charge in [0.2, 0.25) is 10.0 Å². The molecule has 172 valence electrons. The number of rotatable bonds is 5. The molecule has 0 unspecified atom stereocenters. The molecule has 2 saturated heterocycles. The Balaban J connectivity index is 1.80. The van der Waals surface area contributed by atoms with Crippen molar-refractivity contribution in [3.05, 3.63) is 23.8 Å². The zero-order valence-corrected chi connectivity index (χ0v) is 19.0. The van der Waals surface area contributed by atoms with Crippen molar-refractivity contribution >= 4 is 22.0 Å². The average Bonchev–Trinajstić information content (AvgIpc) is 3.08. The van der Waals surface area contributed by atoms with Crippen molar-refractivity contribution in [2.75, 3.05) is 53.0 Å². The normalized spacial score (nSPS) is 18.4. The summed E-state index contributed by atoms with van der Waals surface area (Å²) in [6.45, 7) is 4.18. The second kappa shape index (κ2) is 10.3. The summed E-state index contributed by atoms with van der Waals surface area (Å²) < 4.78 is 38.1. The highest BCUT2D eigenvalue weighted by molar-refractivity contribution is 7.89. The fraction of sp³-hybridized carbons (Fsp3) is 0.619. The summed E-state index contributed by atoms with van der Waals surface area (Å²) in [5.41, 5.74) is 0.260. The quantitative estimate of drug-likeness (QED) is 0.678. The summed E-state index contributed by atoms with van der Waals surface area (Å²) in [5, 5.41) is 0. The molecule has 1 aromatic rings. The number of piperazine rings is 1. The Bertz CT molecular complexity index is 888. The molecule has 0 bridgehead atoms. The third kappa shape index (κ3) is 5.30. The highest BCUT2D eigenvalue weighted by Crippen LogP contribution is 2.27. The van der Waals surface area contributed by atoms with Crippen LogP contribution in [0.2, 0.25) is 0 Å². The van der Waals surface area contributed by atoms with E-state index in [9.17, 15) is 18.0 Å². The van der Waals surface area contributed by atoms with Crippen molar-refractivity contribution in [2.24, 2.45) is 0 Å². The Labute approximate surface area is 183 Å². The van der Waals surface area contributed by atoms with Crippen LogP contribution in [0.1, 0.15) is 43.0 Å². The van der Waals surface area contributed by atoms with Gasteiger partial charge in [0.1, 0.15) is 5.75 Å². The van der Waals surface area contributed by atoms with Crippen LogP contribution in [0.3, 0.4) is 0 Å². The molecule has 1 aromatic carbocycles. The van der Waals surface area contributed by atoms with E-state index in [0.29, 0.717) is 18.8 Å². The van der Waals surface area contributed by atoms with Gasteiger partial charge in [-0.15, -0.1) is 0 Å². The zero-order valence-electron chi connectivity index (χ0n) is 18.2. The van der Waals surface area contributed by atoms with Gasteiger partial charge in [0.05, 0.1) is 24.2 Å². The molecule has 0 atom stereocenters. The van der Waals surface area contributed by atoms with Crippen molar-refractivity contribution in [2.45, 2.75) is 37.5 Å². The van der Waals surface area contributed by atoms with Crippen molar-refractivity contribution in [1.29, 1.82) is 0 Å². The maximum Gasteiger partial charge on any atom is 0.409 e. The van der Waals surface area contributed by atoms with Gasteiger partial charge in [-0.3, -0.25) is 4.79 Å². The Morgan fingerprint density at radius 1 is 0.935 bits per heavy atom. The predicted octanol–water partition coefficient (Wildman–Crippen LogP) is 2.17. The number of benzene rings is 1. The molecule has 9 nitrogen and oxygen atoms in total. The summed E-state index contributed by atoms with van der Waals surface area (Å²) in [6.07, 6.45) is 3.63. The third-order valence-corrected chi connectivity index (χ3v) is 7.59. The lowest BCUT2D eigenvalue weighted by Crippen LogP contribution is -2.50. The van der Waals surface area contributed by atoms with Gasteiger partial charge < -0.3 is 19.3 Å². The van der Waals surface area contributed by atoms with Gasteiger partial charge in [0, 0.05) is 39.3 Å². The fourth-order valence-electron chi connectivity index (χ4n) is 3.93. The van der Waals surface area contributed by atoms with Crippen molar-refractivity contribution < 1.29 is 27.5 Å². The van der Waals surface area contributed by atoms with Crippen LogP contribution in [-0.4, -0.2) is 87.5 Å². The molecule has 0 aromatic heterocycles.